The SMILES string of the molecule is CC(C)n1cc(C(=O)N[C@@H]2CCCc3c2[nH]c2ccccc32)c2ccccc2c1=O. The topological polar surface area (TPSA) is 66.9 Å². The molecule has 5 rings (SSSR count). The first kappa shape index (κ1) is 18.7. The number of para-hydroxylation sites is 1. The highest BCUT2D eigenvalue weighted by Gasteiger charge is 2.26. The van der Waals surface area contributed by atoms with Crippen molar-refractivity contribution in [1.82, 2.24) is 14.9 Å². The number of rotatable bonds is 3. The molecule has 5 nitrogen and oxygen atoms in total. The lowest BCUT2D eigenvalue weighted by Gasteiger charge is -2.24. The van der Waals surface area contributed by atoms with Crippen molar-refractivity contribution >= 4 is 27.6 Å². The molecule has 0 fully saturated rings. The highest BCUT2D eigenvalue weighted by atomic mass is 16.2. The molecule has 30 heavy (non-hydrogen) atoms. The molecule has 2 N–H and O–H groups in total. The van der Waals surface area contributed by atoms with E-state index in [1.807, 2.05) is 38.1 Å². The number of nitrogens with zero attached hydrogens (tertiary/aromatic N) is 1. The summed E-state index contributed by atoms with van der Waals surface area (Å²) in [5.74, 6) is -0.142. The van der Waals surface area contributed by atoms with E-state index >= 15 is 0 Å². The van der Waals surface area contributed by atoms with E-state index in [0.717, 1.165) is 30.5 Å². The maximum absolute atomic E-state index is 13.4. The third-order valence-electron chi connectivity index (χ3n) is 6.17. The third kappa shape index (κ3) is 2.93. The lowest BCUT2D eigenvalue weighted by molar-refractivity contribution is 0.0932. The van der Waals surface area contributed by atoms with Gasteiger partial charge in [0.2, 0.25) is 0 Å². The Labute approximate surface area is 174 Å². The zero-order valence-corrected chi connectivity index (χ0v) is 17.2. The number of fused-ring (bicyclic) bond motifs is 4. The Hall–Kier alpha value is -3.34. The van der Waals surface area contributed by atoms with Crippen molar-refractivity contribution in [1.29, 1.82) is 0 Å². The summed E-state index contributed by atoms with van der Waals surface area (Å²) >= 11 is 0. The molecule has 4 aromatic rings. The summed E-state index contributed by atoms with van der Waals surface area (Å²) in [5, 5.41) is 5.76. The second-order valence-corrected chi connectivity index (χ2v) is 8.38. The van der Waals surface area contributed by atoms with Gasteiger partial charge in [0.1, 0.15) is 0 Å². The lowest BCUT2D eigenvalue weighted by Crippen LogP contribution is -2.33. The fraction of sp³-hybridized carbons (Fsp3) is 0.280. The highest BCUT2D eigenvalue weighted by Crippen LogP contribution is 2.35. The Kier molecular flexibility index (Phi) is 4.46. The molecule has 1 amide bonds. The molecule has 0 saturated heterocycles. The van der Waals surface area contributed by atoms with E-state index in [1.165, 1.54) is 10.9 Å². The summed E-state index contributed by atoms with van der Waals surface area (Å²) in [4.78, 5) is 29.8. The Bertz CT molecular complexity index is 1330. The number of pyridine rings is 1. The van der Waals surface area contributed by atoms with Crippen molar-refractivity contribution in [2.75, 3.05) is 0 Å². The predicted molar refractivity (Wildman–Crippen MR) is 120 cm³/mol. The molecule has 0 saturated carbocycles. The Morgan fingerprint density at radius 3 is 2.53 bits per heavy atom. The second-order valence-electron chi connectivity index (χ2n) is 8.38. The number of hydrogen-bond donors (Lipinski definition) is 2. The summed E-state index contributed by atoms with van der Waals surface area (Å²) in [6.07, 6.45) is 4.66. The summed E-state index contributed by atoms with van der Waals surface area (Å²) in [6.45, 7) is 3.91. The first-order valence-corrected chi connectivity index (χ1v) is 10.6. The zero-order valence-electron chi connectivity index (χ0n) is 17.2. The number of H-pyrrole nitrogens is 1. The van der Waals surface area contributed by atoms with Crippen LogP contribution in [0.1, 0.15) is 60.4 Å². The van der Waals surface area contributed by atoms with Crippen LogP contribution in [0.25, 0.3) is 21.7 Å². The molecule has 2 aromatic carbocycles. The molecule has 2 heterocycles. The van der Waals surface area contributed by atoms with Gasteiger partial charge in [0.15, 0.2) is 0 Å². The van der Waals surface area contributed by atoms with Crippen molar-refractivity contribution in [3.63, 3.8) is 0 Å². The van der Waals surface area contributed by atoms with Crippen molar-refractivity contribution in [3.8, 4) is 0 Å². The summed E-state index contributed by atoms with van der Waals surface area (Å²) in [6, 6.07) is 15.6. The van der Waals surface area contributed by atoms with E-state index in [2.05, 4.69) is 28.5 Å². The molecular formula is C25H25N3O2. The average molecular weight is 399 g/mol. The van der Waals surface area contributed by atoms with Gasteiger partial charge in [0, 0.05) is 39.6 Å². The normalized spacial score (nSPS) is 16.2. The maximum Gasteiger partial charge on any atom is 0.258 e. The smallest absolute Gasteiger partial charge is 0.258 e. The molecule has 1 aliphatic rings. The van der Waals surface area contributed by atoms with Gasteiger partial charge >= 0.3 is 0 Å². The first-order valence-electron chi connectivity index (χ1n) is 10.6. The van der Waals surface area contributed by atoms with E-state index in [-0.39, 0.29) is 23.6 Å². The molecule has 152 valence electrons. The van der Waals surface area contributed by atoms with Gasteiger partial charge < -0.3 is 14.9 Å². The minimum atomic E-state index is -0.142. The first-order chi connectivity index (χ1) is 14.5. The van der Waals surface area contributed by atoms with Crippen LogP contribution in [0.4, 0.5) is 0 Å². The van der Waals surface area contributed by atoms with Gasteiger partial charge in [-0.3, -0.25) is 9.59 Å². The Morgan fingerprint density at radius 2 is 1.77 bits per heavy atom. The van der Waals surface area contributed by atoms with Crippen LogP contribution in [0.2, 0.25) is 0 Å². The monoisotopic (exact) mass is 399 g/mol. The van der Waals surface area contributed by atoms with Crippen LogP contribution >= 0.6 is 0 Å². The van der Waals surface area contributed by atoms with E-state index in [1.54, 1.807) is 16.8 Å². The number of aromatic amines is 1. The summed E-state index contributed by atoms with van der Waals surface area (Å²) in [5.41, 5.74) is 4.01. The summed E-state index contributed by atoms with van der Waals surface area (Å²) in [7, 11) is 0. The van der Waals surface area contributed by atoms with Gasteiger partial charge in [-0.2, -0.15) is 0 Å². The quantitative estimate of drug-likeness (QED) is 0.516. The standard InChI is InChI=1S/C25H25N3O2/c1-15(2)28-14-20(16-8-3-4-10-19(16)25(28)30)24(29)27-22-13-7-11-18-17-9-5-6-12-21(17)26-23(18)22/h3-6,8-10,12,14-15,22,26H,7,11,13H2,1-2H3,(H,27,29)/t22-/m1/s1. The van der Waals surface area contributed by atoms with Gasteiger partial charge in [-0.1, -0.05) is 36.4 Å². The zero-order chi connectivity index (χ0) is 20.8. The van der Waals surface area contributed by atoms with Crippen LogP contribution in [0, 0.1) is 0 Å². The van der Waals surface area contributed by atoms with Crippen LogP contribution in [-0.2, 0) is 6.42 Å². The van der Waals surface area contributed by atoms with E-state index in [9.17, 15) is 9.59 Å². The number of benzene rings is 2. The number of aryl methyl sites for hydroxylation is 1. The highest BCUT2D eigenvalue weighted by molar-refractivity contribution is 6.06. The minimum Gasteiger partial charge on any atom is -0.356 e. The molecule has 2 aromatic heterocycles. The van der Waals surface area contributed by atoms with E-state index in [0.29, 0.717) is 16.3 Å². The van der Waals surface area contributed by atoms with Crippen molar-refractivity contribution in [3.05, 3.63) is 81.9 Å². The number of aromatic nitrogens is 2. The molecule has 0 unspecified atom stereocenters. The maximum atomic E-state index is 13.4. The fourth-order valence-corrected chi connectivity index (χ4v) is 4.67. The number of hydrogen-bond acceptors (Lipinski definition) is 2. The largest absolute Gasteiger partial charge is 0.356 e. The van der Waals surface area contributed by atoms with Gasteiger partial charge in [-0.25, -0.2) is 0 Å². The fourth-order valence-electron chi connectivity index (χ4n) is 4.67. The van der Waals surface area contributed by atoms with Crippen LogP contribution in [0.15, 0.2) is 59.5 Å². The molecule has 0 aliphatic heterocycles. The second kappa shape index (κ2) is 7.17. The van der Waals surface area contributed by atoms with Gasteiger partial charge in [-0.05, 0) is 50.8 Å². The molecule has 0 bridgehead atoms. The van der Waals surface area contributed by atoms with Crippen LogP contribution in [0.3, 0.4) is 0 Å². The molecule has 1 aliphatic carbocycles. The van der Waals surface area contributed by atoms with Crippen molar-refractivity contribution < 1.29 is 4.79 Å². The van der Waals surface area contributed by atoms with Gasteiger partial charge in [0.25, 0.3) is 11.5 Å². The lowest BCUT2D eigenvalue weighted by atomic mass is 9.91. The van der Waals surface area contributed by atoms with Crippen molar-refractivity contribution in [2.24, 2.45) is 0 Å². The Balaban J connectivity index is 1.57. The minimum absolute atomic E-state index is 0.0244. The number of amides is 1. The van der Waals surface area contributed by atoms with E-state index < -0.39 is 0 Å². The van der Waals surface area contributed by atoms with Gasteiger partial charge in [-0.15, -0.1) is 0 Å². The van der Waals surface area contributed by atoms with Crippen LogP contribution < -0.4 is 10.9 Å². The van der Waals surface area contributed by atoms with Crippen molar-refractivity contribution in [2.45, 2.75) is 45.2 Å². The summed E-state index contributed by atoms with van der Waals surface area (Å²) < 4.78 is 1.65. The molecule has 0 radical (unpaired) electrons. The number of nitrogens with one attached hydrogen (secondary N) is 2. The van der Waals surface area contributed by atoms with Crippen LogP contribution in [-0.4, -0.2) is 15.5 Å². The molecule has 0 spiro atoms. The molecule has 1 atom stereocenters. The Morgan fingerprint density at radius 1 is 1.07 bits per heavy atom. The molecular weight excluding hydrogens is 374 g/mol. The van der Waals surface area contributed by atoms with Gasteiger partial charge in [0.05, 0.1) is 11.6 Å². The molecule has 5 heteroatoms. The van der Waals surface area contributed by atoms with E-state index in [4.69, 9.17) is 0 Å². The number of carbonyl (C=O) groups is 1. The number of carbonyl (C=O) groups excluding carboxylic acids is 1. The van der Waals surface area contributed by atoms with Crippen LogP contribution in [0.5, 0.6) is 0 Å². The third-order valence-corrected chi connectivity index (χ3v) is 6.17. The predicted octanol–water partition coefficient (Wildman–Crippen LogP) is 4.87. The average Bonchev–Trinajstić information content (AvgIpc) is 3.14.